The molecule has 0 amide bonds. The fourth-order valence-corrected chi connectivity index (χ4v) is 6.94. The van der Waals surface area contributed by atoms with E-state index < -0.39 is 0 Å². The quantitative estimate of drug-likeness (QED) is 0.210. The summed E-state index contributed by atoms with van der Waals surface area (Å²) < 4.78 is 9.09. The van der Waals surface area contributed by atoms with Gasteiger partial charge in [-0.3, -0.25) is 8.80 Å². The minimum absolute atomic E-state index is 0.798. The second kappa shape index (κ2) is 8.69. The Balaban J connectivity index is 1.41. The van der Waals surface area contributed by atoms with E-state index in [2.05, 4.69) is 151 Å². The van der Waals surface area contributed by atoms with Gasteiger partial charge in [0.25, 0.3) is 0 Å². The molecule has 0 spiro atoms. The van der Waals surface area contributed by atoms with E-state index in [-0.39, 0.29) is 0 Å². The van der Waals surface area contributed by atoms with Crippen molar-refractivity contribution in [2.75, 3.05) is 0 Å². The number of imidazole rings is 2. The van der Waals surface area contributed by atoms with Crippen molar-refractivity contribution >= 4 is 66.5 Å². The molecule has 4 aromatic heterocycles. The van der Waals surface area contributed by atoms with Gasteiger partial charge in [-0.1, -0.05) is 78.9 Å². The normalized spacial score (nSPS) is 12.1. The summed E-state index contributed by atoms with van der Waals surface area (Å²) in [7, 11) is 0. The van der Waals surface area contributed by atoms with Crippen LogP contribution in [0.2, 0.25) is 0 Å². The molecule has 0 aliphatic rings. The van der Waals surface area contributed by atoms with Crippen LogP contribution in [0.15, 0.2) is 146 Å². The van der Waals surface area contributed by atoms with E-state index in [0.29, 0.717) is 0 Å². The Hall–Kier alpha value is -6.14. The highest BCUT2D eigenvalue weighted by molar-refractivity contribution is 6.09. The molecule has 6 aromatic carbocycles. The first-order valence-corrected chi connectivity index (χ1v) is 14.8. The molecular formula is C38H24N6. The van der Waals surface area contributed by atoms with Crippen LogP contribution < -0.4 is 0 Å². The lowest BCUT2D eigenvalue weighted by molar-refractivity contribution is 1.02. The van der Waals surface area contributed by atoms with E-state index in [1.54, 1.807) is 0 Å². The van der Waals surface area contributed by atoms with Crippen molar-refractivity contribution in [3.8, 4) is 11.4 Å². The Labute approximate surface area is 250 Å². The van der Waals surface area contributed by atoms with Crippen LogP contribution in [0.5, 0.6) is 0 Å². The Morgan fingerprint density at radius 1 is 0.341 bits per heavy atom. The zero-order chi connectivity index (χ0) is 28.8. The van der Waals surface area contributed by atoms with E-state index in [4.69, 9.17) is 9.97 Å². The van der Waals surface area contributed by atoms with Gasteiger partial charge in [0.05, 0.1) is 49.8 Å². The van der Waals surface area contributed by atoms with E-state index in [1.807, 2.05) is 12.1 Å². The fourth-order valence-electron chi connectivity index (χ4n) is 6.94. The molecule has 10 aromatic rings. The molecule has 10 rings (SSSR count). The van der Waals surface area contributed by atoms with Crippen molar-refractivity contribution in [1.82, 2.24) is 27.9 Å². The zero-order valence-corrected chi connectivity index (χ0v) is 23.5. The highest BCUT2D eigenvalue weighted by atomic mass is 15.3. The molecule has 0 unspecified atom stereocenters. The second-order valence-corrected chi connectivity index (χ2v) is 11.2. The standard InChI is InChI=1S/C38H24N6/c1-5-18-31-27(14-1)28-15-2-6-19-32(28)41(31)25-12-11-13-26(24-25)42-37-39-29-16-3-7-20-33(29)43(37)35-22-9-10-23-36(35)44-34-21-8-4-17-30(34)40-38(42)44/h1-24H. The molecule has 0 aliphatic heterocycles. The van der Waals surface area contributed by atoms with Gasteiger partial charge in [-0.15, -0.1) is 0 Å². The number of nitrogens with zero attached hydrogens (tertiary/aromatic N) is 6. The summed E-state index contributed by atoms with van der Waals surface area (Å²) >= 11 is 0. The summed E-state index contributed by atoms with van der Waals surface area (Å²) in [6.45, 7) is 0. The van der Waals surface area contributed by atoms with Gasteiger partial charge in [0, 0.05) is 16.5 Å². The maximum absolute atomic E-state index is 5.26. The average Bonchev–Trinajstić information content (AvgIpc) is 3.73. The van der Waals surface area contributed by atoms with Crippen LogP contribution in [-0.4, -0.2) is 27.9 Å². The summed E-state index contributed by atoms with van der Waals surface area (Å²) in [5.41, 5.74) is 10.5. The molecule has 0 bridgehead atoms. The highest BCUT2D eigenvalue weighted by Gasteiger charge is 2.19. The van der Waals surface area contributed by atoms with Crippen molar-refractivity contribution in [2.24, 2.45) is 0 Å². The molecule has 44 heavy (non-hydrogen) atoms. The largest absolute Gasteiger partial charge is 0.309 e. The van der Waals surface area contributed by atoms with Crippen LogP contribution in [0.4, 0.5) is 0 Å². The number of benzene rings is 6. The topological polar surface area (TPSA) is 44.5 Å². The zero-order valence-electron chi connectivity index (χ0n) is 23.5. The van der Waals surface area contributed by atoms with Crippen molar-refractivity contribution in [3.63, 3.8) is 0 Å². The number of rotatable bonds is 2. The minimum atomic E-state index is 0.798. The molecule has 0 fully saturated rings. The van der Waals surface area contributed by atoms with Gasteiger partial charge in [-0.2, -0.15) is 0 Å². The van der Waals surface area contributed by atoms with Crippen LogP contribution in [0.1, 0.15) is 0 Å². The molecule has 206 valence electrons. The van der Waals surface area contributed by atoms with Gasteiger partial charge in [0.15, 0.2) is 0 Å². The number of hydrogen-bond donors (Lipinski definition) is 0. The van der Waals surface area contributed by atoms with E-state index in [0.717, 1.165) is 56.0 Å². The minimum Gasteiger partial charge on any atom is -0.309 e. The van der Waals surface area contributed by atoms with Crippen LogP contribution >= 0.6 is 0 Å². The van der Waals surface area contributed by atoms with Crippen molar-refractivity contribution in [2.45, 2.75) is 0 Å². The molecule has 0 atom stereocenters. The average molecular weight is 565 g/mol. The Bertz CT molecular complexity index is 2620. The number of fused-ring (bicyclic) bond motifs is 12. The molecule has 0 aliphatic carbocycles. The summed E-state index contributed by atoms with van der Waals surface area (Å²) in [4.78, 5) is 10.5. The number of para-hydroxylation sites is 8. The van der Waals surface area contributed by atoms with Crippen molar-refractivity contribution in [1.29, 1.82) is 0 Å². The van der Waals surface area contributed by atoms with Crippen LogP contribution in [-0.2, 0) is 0 Å². The third-order valence-corrected chi connectivity index (χ3v) is 8.78. The van der Waals surface area contributed by atoms with E-state index in [9.17, 15) is 0 Å². The summed E-state index contributed by atoms with van der Waals surface area (Å²) in [6, 6.07) is 51.2. The van der Waals surface area contributed by atoms with Gasteiger partial charge >= 0.3 is 0 Å². The van der Waals surface area contributed by atoms with Crippen LogP contribution in [0.25, 0.3) is 77.8 Å². The Morgan fingerprint density at radius 2 is 0.750 bits per heavy atom. The predicted octanol–water partition coefficient (Wildman–Crippen LogP) is 8.89. The lowest BCUT2D eigenvalue weighted by Crippen LogP contribution is -2.03. The maximum atomic E-state index is 5.26. The first-order valence-electron chi connectivity index (χ1n) is 14.8. The third-order valence-electron chi connectivity index (χ3n) is 8.78. The molecule has 0 N–H and O–H groups in total. The highest BCUT2D eigenvalue weighted by Crippen LogP contribution is 2.34. The third kappa shape index (κ3) is 3.08. The molecular weight excluding hydrogens is 540 g/mol. The Morgan fingerprint density at radius 3 is 1.27 bits per heavy atom. The monoisotopic (exact) mass is 564 g/mol. The summed E-state index contributed by atoms with van der Waals surface area (Å²) in [5, 5.41) is 2.48. The van der Waals surface area contributed by atoms with E-state index in [1.165, 1.54) is 21.8 Å². The summed E-state index contributed by atoms with van der Waals surface area (Å²) in [6.07, 6.45) is 0. The smallest absolute Gasteiger partial charge is 0.223 e. The van der Waals surface area contributed by atoms with Gasteiger partial charge in [0.1, 0.15) is 0 Å². The molecule has 6 heteroatoms. The van der Waals surface area contributed by atoms with Gasteiger partial charge < -0.3 is 4.57 Å². The number of aromatic nitrogens is 6. The Kier molecular flexibility index (Phi) is 4.63. The molecule has 0 saturated heterocycles. The first kappa shape index (κ1) is 23.4. The first-order chi connectivity index (χ1) is 21.8. The van der Waals surface area contributed by atoms with Crippen LogP contribution in [0, 0.1) is 0 Å². The molecule has 6 nitrogen and oxygen atoms in total. The van der Waals surface area contributed by atoms with E-state index >= 15 is 0 Å². The lowest BCUT2D eigenvalue weighted by Gasteiger charge is -2.12. The van der Waals surface area contributed by atoms with Crippen molar-refractivity contribution < 1.29 is 0 Å². The van der Waals surface area contributed by atoms with Gasteiger partial charge in [-0.05, 0) is 66.7 Å². The SMILES string of the molecule is c1cc(-n2c3ccccc3c3ccccc32)cc(-n2c3nc4ccccc4n3c3ccccc3n3c4ccccc4nc23)c1. The second-order valence-electron chi connectivity index (χ2n) is 11.2. The fraction of sp³-hybridized carbons (Fsp3) is 0. The van der Waals surface area contributed by atoms with Crippen LogP contribution in [0.3, 0.4) is 0 Å². The van der Waals surface area contributed by atoms with Crippen molar-refractivity contribution in [3.05, 3.63) is 146 Å². The lowest BCUT2D eigenvalue weighted by atomic mass is 10.2. The van der Waals surface area contributed by atoms with Gasteiger partial charge in [0.2, 0.25) is 11.6 Å². The predicted molar refractivity (Wildman–Crippen MR) is 179 cm³/mol. The molecule has 4 heterocycles. The number of hydrogen-bond acceptors (Lipinski definition) is 2. The summed E-state index contributed by atoms with van der Waals surface area (Å²) in [5.74, 6) is 1.60. The molecule has 0 saturated carbocycles. The molecule has 0 radical (unpaired) electrons. The van der Waals surface area contributed by atoms with Gasteiger partial charge in [-0.25, -0.2) is 14.5 Å². The maximum Gasteiger partial charge on any atom is 0.223 e.